The maximum atomic E-state index is 12.1. The van der Waals surface area contributed by atoms with Crippen molar-refractivity contribution in [3.05, 3.63) is 65.7 Å². The summed E-state index contributed by atoms with van der Waals surface area (Å²) in [5, 5.41) is 2.87. The van der Waals surface area contributed by atoms with Gasteiger partial charge in [-0.05, 0) is 53.8 Å². The van der Waals surface area contributed by atoms with Crippen LogP contribution in [0.1, 0.15) is 63.5 Å². The predicted molar refractivity (Wildman–Crippen MR) is 114 cm³/mol. The van der Waals surface area contributed by atoms with Gasteiger partial charge in [0, 0.05) is 11.8 Å². The van der Waals surface area contributed by atoms with Crippen molar-refractivity contribution < 1.29 is 9.53 Å². The molecule has 0 spiro atoms. The molecule has 0 bridgehead atoms. The van der Waals surface area contributed by atoms with Gasteiger partial charge in [0.25, 0.3) is 0 Å². The highest BCUT2D eigenvalue weighted by atomic mass is 16.5. The van der Waals surface area contributed by atoms with E-state index in [1.165, 1.54) is 24.8 Å². The van der Waals surface area contributed by atoms with Crippen LogP contribution in [0.15, 0.2) is 54.6 Å². The van der Waals surface area contributed by atoms with E-state index in [9.17, 15) is 4.79 Å². The smallest absolute Gasteiger partial charge is 0.248 e. The molecular formula is C24H31NO2. The second-order valence-corrected chi connectivity index (χ2v) is 7.08. The van der Waals surface area contributed by atoms with E-state index in [1.807, 2.05) is 42.5 Å². The molecule has 0 atom stereocenters. The second-order valence-electron chi connectivity index (χ2n) is 7.08. The van der Waals surface area contributed by atoms with E-state index in [0.717, 1.165) is 30.0 Å². The number of unbranched alkanes of at least 4 members (excludes halogenated alkanes) is 3. The number of carbonyl (C=O) groups excluding carboxylic acids is 1. The van der Waals surface area contributed by atoms with Crippen LogP contribution in [0, 0.1) is 0 Å². The summed E-state index contributed by atoms with van der Waals surface area (Å²) in [6, 6.07) is 15.8. The van der Waals surface area contributed by atoms with E-state index in [0.29, 0.717) is 5.92 Å². The molecule has 0 radical (unpaired) electrons. The van der Waals surface area contributed by atoms with Crippen molar-refractivity contribution in [1.82, 2.24) is 0 Å². The fourth-order valence-electron chi connectivity index (χ4n) is 2.70. The second kappa shape index (κ2) is 11.2. The van der Waals surface area contributed by atoms with Gasteiger partial charge >= 0.3 is 0 Å². The number of benzene rings is 2. The third-order valence-electron chi connectivity index (χ3n) is 4.42. The van der Waals surface area contributed by atoms with Crippen LogP contribution in [0.4, 0.5) is 5.69 Å². The highest BCUT2D eigenvalue weighted by molar-refractivity contribution is 6.01. The number of ether oxygens (including phenoxy) is 1. The molecule has 0 heterocycles. The zero-order valence-electron chi connectivity index (χ0n) is 16.7. The molecule has 0 aromatic heterocycles. The van der Waals surface area contributed by atoms with Crippen LogP contribution in [0.5, 0.6) is 5.75 Å². The van der Waals surface area contributed by atoms with Crippen LogP contribution in [-0.2, 0) is 4.79 Å². The highest BCUT2D eigenvalue weighted by Crippen LogP contribution is 2.17. The molecule has 0 fully saturated rings. The first-order valence-corrected chi connectivity index (χ1v) is 9.90. The molecule has 0 saturated heterocycles. The van der Waals surface area contributed by atoms with Gasteiger partial charge in [-0.3, -0.25) is 4.79 Å². The average molecular weight is 366 g/mol. The summed E-state index contributed by atoms with van der Waals surface area (Å²) in [5.74, 6) is 1.20. The van der Waals surface area contributed by atoms with Crippen LogP contribution in [0.2, 0.25) is 0 Å². The Bertz CT molecular complexity index is 715. The molecule has 1 amide bonds. The van der Waals surface area contributed by atoms with E-state index in [2.05, 4.69) is 38.2 Å². The van der Waals surface area contributed by atoms with Gasteiger partial charge in [-0.25, -0.2) is 0 Å². The first-order valence-electron chi connectivity index (χ1n) is 9.90. The molecule has 0 aliphatic carbocycles. The van der Waals surface area contributed by atoms with Crippen molar-refractivity contribution in [3.8, 4) is 5.75 Å². The SMILES string of the molecule is CCCCCCOc1ccc(NC(=O)/C=C/c2ccc(C(C)C)cc2)cc1. The number of hydrogen-bond acceptors (Lipinski definition) is 2. The number of carbonyl (C=O) groups is 1. The molecular weight excluding hydrogens is 334 g/mol. The third-order valence-corrected chi connectivity index (χ3v) is 4.42. The Morgan fingerprint density at radius 1 is 1.00 bits per heavy atom. The normalized spacial score (nSPS) is 11.1. The lowest BCUT2D eigenvalue weighted by Gasteiger charge is -2.07. The Kier molecular flexibility index (Phi) is 8.63. The molecule has 0 aliphatic heterocycles. The minimum atomic E-state index is -0.142. The number of hydrogen-bond donors (Lipinski definition) is 1. The monoisotopic (exact) mass is 365 g/mol. The molecule has 144 valence electrons. The summed E-state index contributed by atoms with van der Waals surface area (Å²) in [4.78, 5) is 12.1. The summed E-state index contributed by atoms with van der Waals surface area (Å²) in [6.07, 6.45) is 8.15. The Morgan fingerprint density at radius 2 is 1.70 bits per heavy atom. The third kappa shape index (κ3) is 7.69. The standard InChI is InChI=1S/C24H31NO2/c1-4-5-6-7-18-27-23-15-13-22(14-16-23)25-24(26)17-10-20-8-11-21(12-9-20)19(2)3/h8-17,19H,4-7,18H2,1-3H3,(H,25,26)/b17-10+. The number of amides is 1. The lowest BCUT2D eigenvalue weighted by Crippen LogP contribution is -2.07. The summed E-state index contributed by atoms with van der Waals surface area (Å²) in [5.41, 5.74) is 3.07. The molecule has 2 aromatic carbocycles. The lowest BCUT2D eigenvalue weighted by molar-refractivity contribution is -0.111. The van der Waals surface area contributed by atoms with Gasteiger partial charge in [0.15, 0.2) is 0 Å². The van der Waals surface area contributed by atoms with Crippen LogP contribution in [-0.4, -0.2) is 12.5 Å². The molecule has 3 heteroatoms. The van der Waals surface area contributed by atoms with E-state index >= 15 is 0 Å². The van der Waals surface area contributed by atoms with Gasteiger partial charge in [-0.1, -0.05) is 64.3 Å². The van der Waals surface area contributed by atoms with E-state index in [1.54, 1.807) is 6.08 Å². The fourth-order valence-corrected chi connectivity index (χ4v) is 2.70. The maximum Gasteiger partial charge on any atom is 0.248 e. The molecule has 0 aliphatic rings. The Labute approximate surface area is 163 Å². The van der Waals surface area contributed by atoms with Gasteiger partial charge in [0.05, 0.1) is 6.61 Å². The van der Waals surface area contributed by atoms with Crippen molar-refractivity contribution >= 4 is 17.7 Å². The van der Waals surface area contributed by atoms with Crippen LogP contribution < -0.4 is 10.1 Å². The number of anilines is 1. The molecule has 1 N–H and O–H groups in total. The van der Waals surface area contributed by atoms with Crippen molar-refractivity contribution in [2.75, 3.05) is 11.9 Å². The van der Waals surface area contributed by atoms with Crippen molar-refractivity contribution in [2.45, 2.75) is 52.4 Å². The topological polar surface area (TPSA) is 38.3 Å². The van der Waals surface area contributed by atoms with Crippen LogP contribution in [0.25, 0.3) is 6.08 Å². The summed E-state index contributed by atoms with van der Waals surface area (Å²) < 4.78 is 5.72. The zero-order chi connectivity index (χ0) is 19.5. The molecule has 3 nitrogen and oxygen atoms in total. The molecule has 0 saturated carbocycles. The quantitative estimate of drug-likeness (QED) is 0.390. The molecule has 2 aromatic rings. The zero-order valence-corrected chi connectivity index (χ0v) is 16.7. The minimum Gasteiger partial charge on any atom is -0.494 e. The van der Waals surface area contributed by atoms with Gasteiger partial charge in [-0.15, -0.1) is 0 Å². The van der Waals surface area contributed by atoms with Crippen molar-refractivity contribution in [2.24, 2.45) is 0 Å². The van der Waals surface area contributed by atoms with Gasteiger partial charge in [0.1, 0.15) is 5.75 Å². The first-order chi connectivity index (χ1) is 13.1. The molecule has 2 rings (SSSR count). The van der Waals surface area contributed by atoms with Gasteiger partial charge in [-0.2, -0.15) is 0 Å². The van der Waals surface area contributed by atoms with Crippen LogP contribution >= 0.6 is 0 Å². The maximum absolute atomic E-state index is 12.1. The van der Waals surface area contributed by atoms with E-state index in [4.69, 9.17) is 4.74 Å². The van der Waals surface area contributed by atoms with Crippen molar-refractivity contribution in [3.63, 3.8) is 0 Å². The van der Waals surface area contributed by atoms with Crippen molar-refractivity contribution in [1.29, 1.82) is 0 Å². The van der Waals surface area contributed by atoms with Crippen LogP contribution in [0.3, 0.4) is 0 Å². The van der Waals surface area contributed by atoms with E-state index < -0.39 is 0 Å². The lowest BCUT2D eigenvalue weighted by atomic mass is 10.0. The first kappa shape index (κ1) is 20.8. The average Bonchev–Trinajstić information content (AvgIpc) is 2.68. The Balaban J connectivity index is 1.79. The fraction of sp³-hybridized carbons (Fsp3) is 0.375. The highest BCUT2D eigenvalue weighted by Gasteiger charge is 2.01. The summed E-state index contributed by atoms with van der Waals surface area (Å²) >= 11 is 0. The largest absolute Gasteiger partial charge is 0.494 e. The predicted octanol–water partition coefficient (Wildman–Crippen LogP) is 6.42. The van der Waals surface area contributed by atoms with E-state index in [-0.39, 0.29) is 5.91 Å². The van der Waals surface area contributed by atoms with Gasteiger partial charge < -0.3 is 10.1 Å². The summed E-state index contributed by atoms with van der Waals surface area (Å²) in [7, 11) is 0. The number of rotatable bonds is 10. The Morgan fingerprint density at radius 3 is 2.33 bits per heavy atom. The molecule has 27 heavy (non-hydrogen) atoms. The van der Waals surface area contributed by atoms with Gasteiger partial charge in [0.2, 0.25) is 5.91 Å². The number of nitrogens with one attached hydrogen (secondary N) is 1. The minimum absolute atomic E-state index is 0.142. The summed E-state index contributed by atoms with van der Waals surface area (Å²) in [6.45, 7) is 7.28. The molecule has 0 unspecified atom stereocenters. The Hall–Kier alpha value is -2.55.